The van der Waals surface area contributed by atoms with Crippen molar-refractivity contribution in [1.29, 1.82) is 0 Å². The van der Waals surface area contributed by atoms with Crippen molar-refractivity contribution in [3.63, 3.8) is 0 Å². The average Bonchev–Trinajstić information content (AvgIpc) is 3.10. The molecular weight excluding hydrogens is 456 g/mol. The zero-order valence-corrected chi connectivity index (χ0v) is 19.5. The van der Waals surface area contributed by atoms with Gasteiger partial charge in [-0.1, -0.05) is 29.8 Å². The van der Waals surface area contributed by atoms with Gasteiger partial charge in [-0.3, -0.25) is 14.6 Å². The van der Waals surface area contributed by atoms with Crippen LogP contribution < -0.4 is 9.47 Å². The Morgan fingerprint density at radius 2 is 1.94 bits per heavy atom. The van der Waals surface area contributed by atoms with Gasteiger partial charge in [0.1, 0.15) is 17.3 Å². The molecule has 174 valence electrons. The van der Waals surface area contributed by atoms with Crippen molar-refractivity contribution in [3.8, 4) is 11.5 Å². The first-order chi connectivity index (χ1) is 16.4. The number of rotatable bonds is 7. The van der Waals surface area contributed by atoms with Crippen LogP contribution in [0.5, 0.6) is 11.5 Å². The van der Waals surface area contributed by atoms with Crippen LogP contribution in [0.15, 0.2) is 72.4 Å². The predicted octanol–water partition coefficient (Wildman–Crippen LogP) is 4.76. The number of pyridine rings is 1. The summed E-state index contributed by atoms with van der Waals surface area (Å²) in [6.45, 7) is 2.28. The number of carbonyl (C=O) groups is 2. The molecule has 1 aromatic heterocycles. The Labute approximate surface area is 202 Å². The lowest BCUT2D eigenvalue weighted by atomic mass is 9.95. The summed E-state index contributed by atoms with van der Waals surface area (Å²) in [4.78, 5) is 32.1. The number of likely N-dealkylation sites (tertiary alicyclic amines) is 1. The fourth-order valence-electron chi connectivity index (χ4n) is 3.94. The molecule has 1 fully saturated rings. The number of benzene rings is 2. The molecule has 2 heterocycles. The van der Waals surface area contributed by atoms with Gasteiger partial charge in [-0.25, -0.2) is 0 Å². The van der Waals surface area contributed by atoms with Crippen molar-refractivity contribution in [2.45, 2.75) is 19.5 Å². The van der Waals surface area contributed by atoms with Crippen LogP contribution in [-0.2, 0) is 16.1 Å². The molecule has 1 saturated heterocycles. The number of hydrogen-bond acceptors (Lipinski definition) is 6. The van der Waals surface area contributed by atoms with Crippen LogP contribution in [0.1, 0.15) is 29.8 Å². The molecule has 2 aromatic carbocycles. The maximum atomic E-state index is 13.2. The Morgan fingerprint density at radius 1 is 1.12 bits per heavy atom. The van der Waals surface area contributed by atoms with Crippen molar-refractivity contribution < 1.29 is 24.2 Å². The summed E-state index contributed by atoms with van der Waals surface area (Å²) >= 11 is 6.19. The fraction of sp³-hybridized carbons (Fsp3) is 0.192. The van der Waals surface area contributed by atoms with Crippen LogP contribution in [0, 0.1) is 0 Å². The maximum absolute atomic E-state index is 13.2. The molecule has 4 rings (SSSR count). The van der Waals surface area contributed by atoms with E-state index in [2.05, 4.69) is 4.98 Å². The molecule has 0 radical (unpaired) electrons. The van der Waals surface area contributed by atoms with Crippen molar-refractivity contribution in [2.24, 2.45) is 0 Å². The lowest BCUT2D eigenvalue weighted by Crippen LogP contribution is -2.29. The molecule has 1 aliphatic rings. The van der Waals surface area contributed by atoms with Gasteiger partial charge in [0, 0.05) is 11.8 Å². The molecule has 34 heavy (non-hydrogen) atoms. The van der Waals surface area contributed by atoms with Gasteiger partial charge in [0.05, 0.1) is 42.6 Å². The van der Waals surface area contributed by atoms with Crippen LogP contribution in [0.3, 0.4) is 0 Å². The van der Waals surface area contributed by atoms with E-state index in [1.165, 1.54) is 12.0 Å². The zero-order valence-electron chi connectivity index (χ0n) is 18.7. The Kier molecular flexibility index (Phi) is 6.84. The highest BCUT2D eigenvalue weighted by atomic mass is 35.5. The van der Waals surface area contributed by atoms with Gasteiger partial charge in [0.25, 0.3) is 11.7 Å². The molecular formula is C26H23ClN2O5. The maximum Gasteiger partial charge on any atom is 0.296 e. The lowest BCUT2D eigenvalue weighted by Gasteiger charge is -2.25. The van der Waals surface area contributed by atoms with Gasteiger partial charge in [0.2, 0.25) is 0 Å². The van der Waals surface area contributed by atoms with Gasteiger partial charge >= 0.3 is 0 Å². The largest absolute Gasteiger partial charge is 0.507 e. The van der Waals surface area contributed by atoms with Crippen molar-refractivity contribution in [2.75, 3.05) is 13.7 Å². The smallest absolute Gasteiger partial charge is 0.296 e. The van der Waals surface area contributed by atoms with Crippen LogP contribution in [-0.4, -0.2) is 40.4 Å². The van der Waals surface area contributed by atoms with E-state index < -0.39 is 17.7 Å². The molecule has 8 heteroatoms. The standard InChI is InChI=1S/C26H23ClN2O5/c1-3-34-21-14-17(10-11-20(21)27)24(30)22-23(16-7-6-9-19(13-16)33-2)29(26(32)25(22)31)15-18-8-4-5-12-28-18/h4-14,23,30H,3,15H2,1-2H3/b24-22-. The minimum absolute atomic E-state index is 0.0287. The molecule has 0 aliphatic carbocycles. The molecule has 0 spiro atoms. The van der Waals surface area contributed by atoms with E-state index in [0.717, 1.165) is 0 Å². The van der Waals surface area contributed by atoms with Gasteiger partial charge < -0.3 is 19.5 Å². The number of ketones is 1. The molecule has 3 aromatic rings. The molecule has 0 bridgehead atoms. The molecule has 1 amide bonds. The van der Waals surface area contributed by atoms with E-state index in [1.807, 2.05) is 13.0 Å². The van der Waals surface area contributed by atoms with Gasteiger partial charge in [0.15, 0.2) is 0 Å². The summed E-state index contributed by atoms with van der Waals surface area (Å²) in [6, 6.07) is 16.3. The van der Waals surface area contributed by atoms with Crippen molar-refractivity contribution in [1.82, 2.24) is 9.88 Å². The number of halogens is 1. The summed E-state index contributed by atoms with van der Waals surface area (Å²) in [5, 5.41) is 11.6. The van der Waals surface area contributed by atoms with E-state index in [-0.39, 0.29) is 17.9 Å². The third-order valence-electron chi connectivity index (χ3n) is 5.51. The molecule has 1 unspecified atom stereocenters. The van der Waals surface area contributed by atoms with Crippen molar-refractivity contribution in [3.05, 3.63) is 94.3 Å². The second-order valence-electron chi connectivity index (χ2n) is 7.60. The summed E-state index contributed by atoms with van der Waals surface area (Å²) in [5.41, 5.74) is 1.52. The monoisotopic (exact) mass is 478 g/mol. The number of nitrogens with zero attached hydrogens (tertiary/aromatic N) is 2. The number of hydrogen-bond donors (Lipinski definition) is 1. The molecule has 1 aliphatic heterocycles. The molecule has 1 N–H and O–H groups in total. The Morgan fingerprint density at radius 3 is 2.65 bits per heavy atom. The highest BCUT2D eigenvalue weighted by Crippen LogP contribution is 2.41. The first kappa shape index (κ1) is 23.3. The fourth-order valence-corrected chi connectivity index (χ4v) is 4.11. The Bertz CT molecular complexity index is 1260. The minimum atomic E-state index is -0.844. The normalized spacial score (nSPS) is 17.1. The summed E-state index contributed by atoms with van der Waals surface area (Å²) in [5.74, 6) is -0.889. The molecule has 7 nitrogen and oxygen atoms in total. The van der Waals surface area contributed by atoms with E-state index in [0.29, 0.717) is 39.9 Å². The lowest BCUT2D eigenvalue weighted by molar-refractivity contribution is -0.140. The van der Waals surface area contributed by atoms with Crippen molar-refractivity contribution >= 4 is 29.1 Å². The highest BCUT2D eigenvalue weighted by Gasteiger charge is 2.46. The quantitative estimate of drug-likeness (QED) is 0.299. The van der Waals surface area contributed by atoms with E-state index in [1.54, 1.807) is 60.8 Å². The number of ether oxygens (including phenoxy) is 2. The average molecular weight is 479 g/mol. The molecule has 0 saturated carbocycles. The number of aliphatic hydroxyl groups excluding tert-OH is 1. The predicted molar refractivity (Wildman–Crippen MR) is 128 cm³/mol. The summed E-state index contributed by atoms with van der Waals surface area (Å²) in [6.07, 6.45) is 1.62. The van der Waals surface area contributed by atoms with Gasteiger partial charge in [-0.2, -0.15) is 0 Å². The first-order valence-electron chi connectivity index (χ1n) is 10.7. The second-order valence-corrected chi connectivity index (χ2v) is 8.01. The Balaban J connectivity index is 1.87. The topological polar surface area (TPSA) is 89.0 Å². The number of Topliss-reactive ketones (excluding diaryl/α,β-unsaturated/α-hetero) is 1. The summed E-state index contributed by atoms with van der Waals surface area (Å²) in [7, 11) is 1.53. The number of aliphatic hydroxyl groups is 1. The third-order valence-corrected chi connectivity index (χ3v) is 5.82. The van der Waals surface area contributed by atoms with Gasteiger partial charge in [-0.15, -0.1) is 0 Å². The van der Waals surface area contributed by atoms with Crippen LogP contribution in [0.25, 0.3) is 5.76 Å². The van der Waals surface area contributed by atoms with Crippen LogP contribution in [0.4, 0.5) is 0 Å². The van der Waals surface area contributed by atoms with E-state index >= 15 is 0 Å². The van der Waals surface area contributed by atoms with E-state index in [4.69, 9.17) is 21.1 Å². The van der Waals surface area contributed by atoms with Crippen LogP contribution in [0.2, 0.25) is 5.02 Å². The minimum Gasteiger partial charge on any atom is -0.507 e. The van der Waals surface area contributed by atoms with Gasteiger partial charge in [-0.05, 0) is 55.0 Å². The number of methoxy groups -OCH3 is 1. The summed E-state index contributed by atoms with van der Waals surface area (Å²) < 4.78 is 10.9. The third kappa shape index (κ3) is 4.47. The number of amides is 1. The highest BCUT2D eigenvalue weighted by molar-refractivity contribution is 6.46. The molecule has 1 atom stereocenters. The number of aromatic nitrogens is 1. The first-order valence-corrected chi connectivity index (χ1v) is 11.1. The second kappa shape index (κ2) is 9.97. The SMILES string of the molecule is CCOc1cc(/C(O)=C2/C(=O)C(=O)N(Cc3ccccn3)C2c2cccc(OC)c2)ccc1Cl. The van der Waals surface area contributed by atoms with E-state index in [9.17, 15) is 14.7 Å². The zero-order chi connectivity index (χ0) is 24.2. The number of carbonyl (C=O) groups excluding carboxylic acids is 2. The Hall–Kier alpha value is -3.84. The van der Waals surface area contributed by atoms with Crippen LogP contribution >= 0.6 is 11.6 Å².